The molecule has 11 heteroatoms. The molecule has 0 aliphatic heterocycles. The van der Waals surface area contributed by atoms with Crippen LogP contribution in [-0.2, 0) is 19.3 Å². The van der Waals surface area contributed by atoms with Crippen molar-refractivity contribution in [3.63, 3.8) is 0 Å². The van der Waals surface area contributed by atoms with Gasteiger partial charge in [-0.3, -0.25) is 4.79 Å². The molecule has 0 aliphatic rings. The minimum absolute atomic E-state index is 0.188. The molecule has 0 saturated heterocycles. The van der Waals surface area contributed by atoms with Crippen LogP contribution in [0.3, 0.4) is 0 Å². The number of benzene rings is 2. The summed E-state index contributed by atoms with van der Waals surface area (Å²) in [7, 11) is 0. The Morgan fingerprint density at radius 1 is 0.944 bits per heavy atom. The highest BCUT2D eigenvalue weighted by atomic mass is 19.4. The highest BCUT2D eigenvalue weighted by Gasteiger charge is 2.31. The summed E-state index contributed by atoms with van der Waals surface area (Å²) in [4.78, 5) is 17.1. The smallest absolute Gasteiger partial charge is 0.348 e. The number of halogens is 3. The van der Waals surface area contributed by atoms with Crippen molar-refractivity contribution in [3.8, 4) is 11.5 Å². The number of hydrogen-bond donors (Lipinski definition) is 1. The first-order valence-electron chi connectivity index (χ1n) is 11.0. The Labute approximate surface area is 203 Å². The minimum atomic E-state index is -4.50. The van der Waals surface area contributed by atoms with E-state index >= 15 is 0 Å². The van der Waals surface area contributed by atoms with Gasteiger partial charge in [0.1, 0.15) is 18.2 Å². The molecule has 36 heavy (non-hydrogen) atoms. The molecule has 182 valence electrons. The lowest BCUT2D eigenvalue weighted by Gasteiger charge is -2.13. The molecule has 0 bridgehead atoms. The molecule has 2 aromatic carbocycles. The van der Waals surface area contributed by atoms with Crippen LogP contribution in [0.5, 0.6) is 0 Å². The predicted octanol–water partition coefficient (Wildman–Crippen LogP) is 4.25. The number of aromatic nitrogens is 6. The Bertz CT molecular complexity index is 1470. The van der Waals surface area contributed by atoms with Gasteiger partial charge >= 0.3 is 6.18 Å². The summed E-state index contributed by atoms with van der Waals surface area (Å²) in [6.07, 6.45) is 3.34. The minimum Gasteiger partial charge on any atom is -0.348 e. The van der Waals surface area contributed by atoms with Gasteiger partial charge in [0.2, 0.25) is 0 Å². The van der Waals surface area contributed by atoms with Crippen molar-refractivity contribution in [2.24, 2.45) is 0 Å². The van der Waals surface area contributed by atoms with Gasteiger partial charge in [-0.15, -0.1) is 0 Å². The van der Waals surface area contributed by atoms with Gasteiger partial charge in [-0.1, -0.05) is 30.3 Å². The lowest BCUT2D eigenvalue weighted by atomic mass is 10.1. The number of hydrogen-bond acceptors (Lipinski definition) is 4. The lowest BCUT2D eigenvalue weighted by molar-refractivity contribution is -0.137. The van der Waals surface area contributed by atoms with Crippen LogP contribution >= 0.6 is 0 Å². The molecule has 0 spiro atoms. The van der Waals surface area contributed by atoms with Gasteiger partial charge in [-0.25, -0.2) is 14.3 Å². The molecule has 5 aromatic rings. The van der Waals surface area contributed by atoms with Gasteiger partial charge in [-0.2, -0.15) is 23.4 Å². The average molecular weight is 491 g/mol. The van der Waals surface area contributed by atoms with Gasteiger partial charge in [-0.05, 0) is 41.5 Å². The fourth-order valence-corrected chi connectivity index (χ4v) is 3.85. The molecule has 1 N–H and O–H groups in total. The van der Waals surface area contributed by atoms with Crippen molar-refractivity contribution in [1.29, 1.82) is 0 Å². The van der Waals surface area contributed by atoms with Crippen molar-refractivity contribution in [2.45, 2.75) is 19.3 Å². The monoisotopic (exact) mass is 491 g/mol. The first kappa shape index (κ1) is 23.1. The van der Waals surface area contributed by atoms with E-state index in [-0.39, 0.29) is 17.8 Å². The summed E-state index contributed by atoms with van der Waals surface area (Å²) in [5.41, 5.74) is 1.49. The molecule has 0 aliphatic carbocycles. The normalized spacial score (nSPS) is 11.5. The van der Waals surface area contributed by atoms with E-state index in [0.29, 0.717) is 12.4 Å². The largest absolute Gasteiger partial charge is 0.416 e. The summed E-state index contributed by atoms with van der Waals surface area (Å²) in [6, 6.07) is 16.0. The molecule has 0 radical (unpaired) electrons. The van der Waals surface area contributed by atoms with Crippen molar-refractivity contribution >= 4 is 5.91 Å². The molecular weight excluding hydrogens is 471 g/mol. The van der Waals surface area contributed by atoms with Crippen LogP contribution in [0.25, 0.3) is 11.5 Å². The molecule has 1 amide bonds. The summed E-state index contributed by atoms with van der Waals surface area (Å²) < 4.78 is 44.5. The molecule has 8 nitrogen and oxygen atoms in total. The maximum atomic E-state index is 13.3. The summed E-state index contributed by atoms with van der Waals surface area (Å²) in [6.45, 7) is 0.799. The van der Waals surface area contributed by atoms with Crippen LogP contribution in [0, 0.1) is 0 Å². The maximum absolute atomic E-state index is 13.3. The third-order valence-electron chi connectivity index (χ3n) is 5.51. The zero-order valence-electron chi connectivity index (χ0n) is 18.8. The number of amides is 1. The van der Waals surface area contributed by atoms with E-state index in [9.17, 15) is 18.0 Å². The van der Waals surface area contributed by atoms with E-state index in [0.717, 1.165) is 23.3 Å². The van der Waals surface area contributed by atoms with Crippen LogP contribution in [0.1, 0.15) is 27.0 Å². The molecule has 0 fully saturated rings. The quantitative estimate of drug-likeness (QED) is 0.369. The third-order valence-corrected chi connectivity index (χ3v) is 5.51. The number of carbonyl (C=O) groups is 1. The lowest BCUT2D eigenvalue weighted by Crippen LogP contribution is -2.24. The number of rotatable bonds is 7. The average Bonchev–Trinajstić information content (AvgIpc) is 3.64. The van der Waals surface area contributed by atoms with Gasteiger partial charge in [0.05, 0.1) is 24.0 Å². The molecule has 3 aromatic heterocycles. The highest BCUT2D eigenvalue weighted by molar-refractivity contribution is 5.97. The van der Waals surface area contributed by atoms with Crippen LogP contribution in [0.15, 0.2) is 91.9 Å². The molecule has 0 unspecified atom stereocenters. The predicted molar refractivity (Wildman–Crippen MR) is 125 cm³/mol. The highest BCUT2D eigenvalue weighted by Crippen LogP contribution is 2.31. The first-order chi connectivity index (χ1) is 17.4. The summed E-state index contributed by atoms with van der Waals surface area (Å²) in [5.74, 6) is -0.0737. The standard InChI is InChI=1S/C25H20F3N7O/c26-25(27,28)20-7-4-8-21(12-20)35-24(33-9-1-2-10-33)22(14-31-35)23(36)30-13-18-5-3-6-19(11-18)15-34-17-29-16-32-34/h1-12,14,16-17H,13,15H2,(H,30,36). The van der Waals surface area contributed by atoms with Crippen LogP contribution < -0.4 is 5.32 Å². The Kier molecular flexibility index (Phi) is 6.11. The van der Waals surface area contributed by atoms with Crippen molar-refractivity contribution in [2.75, 3.05) is 0 Å². The fraction of sp³-hybridized carbons (Fsp3) is 0.120. The van der Waals surface area contributed by atoms with Crippen molar-refractivity contribution in [1.82, 2.24) is 34.4 Å². The van der Waals surface area contributed by atoms with Gasteiger partial charge < -0.3 is 9.88 Å². The Balaban J connectivity index is 1.40. The van der Waals surface area contributed by atoms with E-state index in [4.69, 9.17) is 0 Å². The second-order valence-corrected chi connectivity index (χ2v) is 8.03. The van der Waals surface area contributed by atoms with Crippen LogP contribution in [-0.4, -0.2) is 35.0 Å². The van der Waals surface area contributed by atoms with Crippen molar-refractivity contribution in [3.05, 3.63) is 114 Å². The zero-order chi connectivity index (χ0) is 25.1. The van der Waals surface area contributed by atoms with E-state index in [1.807, 2.05) is 24.3 Å². The fourth-order valence-electron chi connectivity index (χ4n) is 3.85. The Morgan fingerprint density at radius 2 is 1.72 bits per heavy atom. The van der Waals surface area contributed by atoms with Crippen LogP contribution in [0.2, 0.25) is 0 Å². The second kappa shape index (κ2) is 9.53. The van der Waals surface area contributed by atoms with Crippen LogP contribution in [0.4, 0.5) is 13.2 Å². The topological polar surface area (TPSA) is 82.6 Å². The van der Waals surface area contributed by atoms with E-state index in [2.05, 4.69) is 20.5 Å². The molecular formula is C25H20F3N7O. The molecule has 3 heterocycles. The summed E-state index contributed by atoms with van der Waals surface area (Å²) >= 11 is 0. The Hall–Kier alpha value is -4.67. The number of nitrogens with one attached hydrogen (secondary N) is 1. The number of alkyl halides is 3. The third kappa shape index (κ3) is 4.90. The molecule has 0 saturated carbocycles. The van der Waals surface area contributed by atoms with E-state index < -0.39 is 17.6 Å². The SMILES string of the molecule is O=C(NCc1cccc(Cn2cncn2)c1)c1cnn(-c2cccc(C(F)(F)F)c2)c1-n1cccc1. The first-order valence-corrected chi connectivity index (χ1v) is 11.0. The van der Waals surface area contributed by atoms with E-state index in [1.54, 1.807) is 40.1 Å². The van der Waals surface area contributed by atoms with Gasteiger partial charge in [0, 0.05) is 18.9 Å². The zero-order valence-corrected chi connectivity index (χ0v) is 18.8. The number of carbonyl (C=O) groups excluding carboxylic acids is 1. The molecule has 5 rings (SSSR count). The van der Waals surface area contributed by atoms with Gasteiger partial charge in [0.25, 0.3) is 5.91 Å². The number of nitrogens with zero attached hydrogens (tertiary/aromatic N) is 6. The second-order valence-electron chi connectivity index (χ2n) is 8.03. The van der Waals surface area contributed by atoms with E-state index in [1.165, 1.54) is 29.3 Å². The van der Waals surface area contributed by atoms with Crippen molar-refractivity contribution < 1.29 is 18.0 Å². The van der Waals surface area contributed by atoms with Gasteiger partial charge in [0.15, 0.2) is 5.82 Å². The summed E-state index contributed by atoms with van der Waals surface area (Å²) in [5, 5.41) is 11.2. The Morgan fingerprint density at radius 3 is 2.47 bits per heavy atom. The molecule has 0 atom stereocenters. The maximum Gasteiger partial charge on any atom is 0.416 e.